The van der Waals surface area contributed by atoms with Crippen LogP contribution in [0.5, 0.6) is 0 Å². The first-order chi connectivity index (χ1) is 5.39. The number of hydrogen-bond donors (Lipinski definition) is 0. The Labute approximate surface area is 70.6 Å². The van der Waals surface area contributed by atoms with Gasteiger partial charge in [-0.05, 0) is 0 Å². The van der Waals surface area contributed by atoms with Crippen molar-refractivity contribution in [2.45, 2.75) is 0 Å². The number of rotatable bonds is 0. The van der Waals surface area contributed by atoms with E-state index in [0.29, 0.717) is 0 Å². The van der Waals surface area contributed by atoms with Crippen molar-refractivity contribution in [3.05, 3.63) is 0 Å². The van der Waals surface area contributed by atoms with E-state index in [0.717, 1.165) is 26.3 Å². The zero-order valence-corrected chi connectivity index (χ0v) is 7.89. The predicted molar refractivity (Wildman–Crippen MR) is 43.7 cm³/mol. The summed E-state index contributed by atoms with van der Waals surface area (Å²) < 4.78 is 46.4. The molecule has 0 N–H and O–H groups in total. The molecule has 12 heavy (non-hydrogen) atoms. The average Bonchev–Trinajstić information content (AvgIpc) is 1.85. The standard InChI is InChI=1S/C4H10NOP.BF4/c7-5-1-3-6-4-2-5;2-1(3,4)5/h1-4,7H2;/q;-1/p+1. The van der Waals surface area contributed by atoms with Crippen molar-refractivity contribution in [2.75, 3.05) is 26.3 Å². The van der Waals surface area contributed by atoms with Gasteiger partial charge < -0.3 is 22.0 Å². The van der Waals surface area contributed by atoms with Gasteiger partial charge in [0.25, 0.3) is 0 Å². The van der Waals surface area contributed by atoms with Crippen molar-refractivity contribution in [1.29, 1.82) is 0 Å². The SMILES string of the molecule is F[B-](F)(F)F.[PH3+]N1CCOCC1. The van der Waals surface area contributed by atoms with Gasteiger partial charge in [0.15, 0.2) is 0 Å². The highest BCUT2D eigenvalue weighted by atomic mass is 31.0. The maximum Gasteiger partial charge on any atom is 0.673 e. The third-order valence-corrected chi connectivity index (χ3v) is 1.74. The molecule has 2 nitrogen and oxygen atoms in total. The highest BCUT2D eigenvalue weighted by molar-refractivity contribution is 7.13. The van der Waals surface area contributed by atoms with Crippen LogP contribution in [0.15, 0.2) is 0 Å². The smallest absolute Gasteiger partial charge is 0.418 e. The van der Waals surface area contributed by atoms with E-state index in [-0.39, 0.29) is 0 Å². The summed E-state index contributed by atoms with van der Waals surface area (Å²) in [6.07, 6.45) is 0. The van der Waals surface area contributed by atoms with Crippen LogP contribution in [0, 0.1) is 0 Å². The Kier molecular flexibility index (Phi) is 5.79. The monoisotopic (exact) mass is 207 g/mol. The molecule has 0 aromatic rings. The number of ether oxygens (including phenoxy) is 1. The van der Waals surface area contributed by atoms with Crippen LogP contribution in [0.4, 0.5) is 17.3 Å². The lowest BCUT2D eigenvalue weighted by molar-refractivity contribution is 0.0769. The summed E-state index contributed by atoms with van der Waals surface area (Å²) >= 11 is 0. The lowest BCUT2D eigenvalue weighted by atomic mass is 10.3. The first kappa shape index (κ1) is 12.1. The third-order valence-electron chi connectivity index (χ3n) is 1.10. The van der Waals surface area contributed by atoms with Gasteiger partial charge in [0.2, 0.25) is 0 Å². The lowest BCUT2D eigenvalue weighted by Crippen LogP contribution is -2.28. The third kappa shape index (κ3) is 12.8. The van der Waals surface area contributed by atoms with Crippen LogP contribution in [0.25, 0.3) is 0 Å². The molecule has 8 heteroatoms. The molecule has 1 aliphatic rings. The highest BCUT2D eigenvalue weighted by Gasteiger charge is 2.20. The Bertz CT molecular complexity index is 112. The van der Waals surface area contributed by atoms with Gasteiger partial charge in [0, 0.05) is 9.39 Å². The summed E-state index contributed by atoms with van der Waals surface area (Å²) in [4.78, 5) is 0. The minimum atomic E-state index is -6.00. The second kappa shape index (κ2) is 5.72. The molecule has 1 saturated heterocycles. The zero-order chi connectivity index (χ0) is 9.61. The summed E-state index contributed by atoms with van der Waals surface area (Å²) in [5.41, 5.74) is 0. The summed E-state index contributed by atoms with van der Waals surface area (Å²) in [7, 11) is -4.07. The molecular weight excluding hydrogens is 196 g/mol. The molecule has 1 rings (SSSR count). The van der Waals surface area contributed by atoms with Gasteiger partial charge in [-0.2, -0.15) is 4.67 Å². The molecule has 0 radical (unpaired) electrons. The van der Waals surface area contributed by atoms with E-state index in [1.807, 2.05) is 9.39 Å². The minimum absolute atomic E-state index is 0.920. The molecule has 1 fully saturated rings. The van der Waals surface area contributed by atoms with Crippen molar-refractivity contribution >= 4 is 16.6 Å². The molecule has 1 unspecified atom stereocenters. The second-order valence-corrected chi connectivity index (χ2v) is 3.12. The van der Waals surface area contributed by atoms with Crippen molar-refractivity contribution in [2.24, 2.45) is 0 Å². The fraction of sp³-hybridized carbons (Fsp3) is 1.00. The highest BCUT2D eigenvalue weighted by Crippen LogP contribution is 2.06. The zero-order valence-electron chi connectivity index (χ0n) is 6.48. The quantitative estimate of drug-likeness (QED) is 0.335. The summed E-state index contributed by atoms with van der Waals surface area (Å²) in [5.74, 6) is 0. The Hall–Kier alpha value is 0.135. The van der Waals surface area contributed by atoms with E-state index in [4.69, 9.17) is 4.74 Å². The van der Waals surface area contributed by atoms with Crippen molar-refractivity contribution in [3.63, 3.8) is 0 Å². The molecule has 0 aromatic heterocycles. The molecule has 0 amide bonds. The van der Waals surface area contributed by atoms with E-state index in [2.05, 4.69) is 4.67 Å². The molecular formula is C4H11BF4NOP. The topological polar surface area (TPSA) is 12.5 Å². The normalized spacial score (nSPS) is 20.0. The van der Waals surface area contributed by atoms with Crippen LogP contribution in [-0.4, -0.2) is 38.2 Å². The first-order valence-electron chi connectivity index (χ1n) is 3.40. The van der Waals surface area contributed by atoms with Crippen LogP contribution in [0.1, 0.15) is 0 Å². The summed E-state index contributed by atoms with van der Waals surface area (Å²) in [5, 5.41) is 0. The maximum absolute atomic E-state index is 9.75. The largest absolute Gasteiger partial charge is 0.673 e. The lowest BCUT2D eigenvalue weighted by Gasteiger charge is -2.16. The van der Waals surface area contributed by atoms with E-state index in [1.54, 1.807) is 0 Å². The maximum atomic E-state index is 9.75. The second-order valence-electron chi connectivity index (χ2n) is 2.23. The van der Waals surface area contributed by atoms with Crippen LogP contribution in [-0.2, 0) is 4.74 Å². The summed E-state index contributed by atoms with van der Waals surface area (Å²) in [6, 6.07) is 0. The molecule has 0 aliphatic carbocycles. The summed E-state index contributed by atoms with van der Waals surface area (Å²) in [6.45, 7) is 4.06. The average molecular weight is 207 g/mol. The first-order valence-corrected chi connectivity index (χ1v) is 4.03. The minimum Gasteiger partial charge on any atom is -0.418 e. The molecule has 74 valence electrons. The van der Waals surface area contributed by atoms with Gasteiger partial charge in [-0.25, -0.2) is 0 Å². The van der Waals surface area contributed by atoms with Crippen LogP contribution < -0.4 is 0 Å². The molecule has 1 atom stereocenters. The van der Waals surface area contributed by atoms with Gasteiger partial charge >= 0.3 is 7.25 Å². The number of halogens is 4. The molecule has 0 aromatic carbocycles. The van der Waals surface area contributed by atoms with Gasteiger partial charge in [-0.15, -0.1) is 0 Å². The van der Waals surface area contributed by atoms with Crippen LogP contribution in [0.3, 0.4) is 0 Å². The van der Waals surface area contributed by atoms with Gasteiger partial charge in [0.1, 0.15) is 0 Å². The Morgan fingerprint density at radius 2 is 1.42 bits per heavy atom. The predicted octanol–water partition coefficient (Wildman–Crippen LogP) is 1.14. The Morgan fingerprint density at radius 1 is 1.08 bits per heavy atom. The number of nitrogens with zero attached hydrogens (tertiary/aromatic N) is 1. The van der Waals surface area contributed by atoms with E-state index in [1.165, 1.54) is 0 Å². The van der Waals surface area contributed by atoms with Crippen molar-refractivity contribution in [3.8, 4) is 0 Å². The van der Waals surface area contributed by atoms with Gasteiger partial charge in [-0.1, -0.05) is 0 Å². The van der Waals surface area contributed by atoms with Crippen LogP contribution >= 0.6 is 9.39 Å². The fourth-order valence-electron chi connectivity index (χ4n) is 0.601. The molecule has 0 bridgehead atoms. The molecule has 1 heterocycles. The Balaban J connectivity index is 0.000000217. The van der Waals surface area contributed by atoms with Crippen molar-refractivity contribution < 1.29 is 22.0 Å². The number of hydrogen-bond acceptors (Lipinski definition) is 2. The van der Waals surface area contributed by atoms with Gasteiger partial charge in [0.05, 0.1) is 26.3 Å². The molecule has 1 aliphatic heterocycles. The Morgan fingerprint density at radius 3 is 1.58 bits per heavy atom. The van der Waals surface area contributed by atoms with E-state index < -0.39 is 7.25 Å². The molecule has 0 spiro atoms. The fourth-order valence-corrected chi connectivity index (χ4v) is 0.859. The van der Waals surface area contributed by atoms with E-state index >= 15 is 0 Å². The van der Waals surface area contributed by atoms with Crippen molar-refractivity contribution in [1.82, 2.24) is 4.67 Å². The van der Waals surface area contributed by atoms with Crippen LogP contribution in [0.2, 0.25) is 0 Å². The van der Waals surface area contributed by atoms with E-state index in [9.17, 15) is 17.3 Å². The van der Waals surface area contributed by atoms with Gasteiger partial charge in [-0.3, -0.25) is 0 Å². The molecule has 0 saturated carbocycles. The number of morpholine rings is 1.